The Kier molecular flexibility index (Phi) is 5.02. The summed E-state index contributed by atoms with van der Waals surface area (Å²) in [5.41, 5.74) is 1.01. The molecular formula is C18H24O2. The number of aliphatic hydroxyl groups excluding tert-OH is 1. The minimum Gasteiger partial charge on any atom is -0.496 e. The molecule has 2 heteroatoms. The fourth-order valence-electron chi connectivity index (χ4n) is 2.83. The monoisotopic (exact) mass is 272 g/mol. The van der Waals surface area contributed by atoms with E-state index < -0.39 is 6.10 Å². The zero-order valence-electron chi connectivity index (χ0n) is 12.6. The minimum atomic E-state index is -0.407. The maximum Gasteiger partial charge on any atom is 0.126 e. The van der Waals surface area contributed by atoms with Crippen LogP contribution >= 0.6 is 0 Å². The maximum absolute atomic E-state index is 10.6. The van der Waals surface area contributed by atoms with E-state index in [1.54, 1.807) is 7.11 Å². The first kappa shape index (κ1) is 14.9. The van der Waals surface area contributed by atoms with E-state index in [4.69, 9.17) is 4.74 Å². The third-order valence-electron chi connectivity index (χ3n) is 4.21. The molecule has 0 saturated carbocycles. The third kappa shape index (κ3) is 2.96. The summed E-state index contributed by atoms with van der Waals surface area (Å²) in [6.45, 7) is 4.38. The van der Waals surface area contributed by atoms with Crippen molar-refractivity contribution in [1.29, 1.82) is 0 Å². The first-order chi connectivity index (χ1) is 9.71. The quantitative estimate of drug-likeness (QED) is 0.825. The lowest BCUT2D eigenvalue weighted by atomic mass is 9.90. The molecule has 0 amide bonds. The molecule has 0 aromatic heterocycles. The molecule has 0 spiro atoms. The van der Waals surface area contributed by atoms with Gasteiger partial charge in [0.05, 0.1) is 13.2 Å². The molecule has 0 aliphatic rings. The molecule has 2 aromatic rings. The van der Waals surface area contributed by atoms with Crippen molar-refractivity contribution in [2.45, 2.75) is 39.2 Å². The molecule has 20 heavy (non-hydrogen) atoms. The van der Waals surface area contributed by atoms with E-state index in [-0.39, 0.29) is 0 Å². The number of benzene rings is 2. The molecule has 2 aromatic carbocycles. The van der Waals surface area contributed by atoms with Crippen LogP contribution in [0.1, 0.15) is 44.8 Å². The summed E-state index contributed by atoms with van der Waals surface area (Å²) >= 11 is 0. The van der Waals surface area contributed by atoms with Crippen molar-refractivity contribution >= 4 is 10.8 Å². The molecule has 0 fully saturated rings. The number of ether oxygens (including phenoxy) is 1. The van der Waals surface area contributed by atoms with Gasteiger partial charge in [-0.3, -0.25) is 0 Å². The highest BCUT2D eigenvalue weighted by molar-refractivity contribution is 5.91. The second-order valence-corrected chi connectivity index (χ2v) is 5.34. The van der Waals surface area contributed by atoms with Crippen molar-refractivity contribution in [3.63, 3.8) is 0 Å². The number of fused-ring (bicyclic) bond motifs is 1. The van der Waals surface area contributed by atoms with Crippen LogP contribution < -0.4 is 4.74 Å². The van der Waals surface area contributed by atoms with E-state index in [1.807, 2.05) is 30.3 Å². The van der Waals surface area contributed by atoms with Gasteiger partial charge in [0.2, 0.25) is 0 Å². The van der Waals surface area contributed by atoms with Gasteiger partial charge in [-0.15, -0.1) is 0 Å². The van der Waals surface area contributed by atoms with Gasteiger partial charge in [-0.25, -0.2) is 0 Å². The van der Waals surface area contributed by atoms with Crippen LogP contribution in [0.3, 0.4) is 0 Å². The van der Waals surface area contributed by atoms with Crippen LogP contribution in [0.2, 0.25) is 0 Å². The Bertz CT molecular complexity index is 558. The summed E-state index contributed by atoms with van der Waals surface area (Å²) in [4.78, 5) is 0. The normalized spacial score (nSPS) is 12.8. The molecule has 2 nitrogen and oxygen atoms in total. The maximum atomic E-state index is 10.6. The first-order valence-electron chi connectivity index (χ1n) is 7.44. The van der Waals surface area contributed by atoms with Gasteiger partial charge in [-0.1, -0.05) is 57.0 Å². The van der Waals surface area contributed by atoms with E-state index in [9.17, 15) is 5.11 Å². The van der Waals surface area contributed by atoms with Crippen molar-refractivity contribution in [2.24, 2.45) is 5.92 Å². The predicted molar refractivity (Wildman–Crippen MR) is 84.1 cm³/mol. The topological polar surface area (TPSA) is 29.5 Å². The van der Waals surface area contributed by atoms with Gasteiger partial charge >= 0.3 is 0 Å². The smallest absolute Gasteiger partial charge is 0.126 e. The highest BCUT2D eigenvalue weighted by Gasteiger charge is 2.16. The Morgan fingerprint density at radius 2 is 1.65 bits per heavy atom. The van der Waals surface area contributed by atoms with Crippen LogP contribution in [-0.4, -0.2) is 12.2 Å². The number of rotatable bonds is 6. The van der Waals surface area contributed by atoms with Gasteiger partial charge in [0.25, 0.3) is 0 Å². The summed E-state index contributed by atoms with van der Waals surface area (Å²) in [6.07, 6.45) is 2.64. The second-order valence-electron chi connectivity index (χ2n) is 5.34. The number of hydrogen-bond acceptors (Lipinski definition) is 2. The molecule has 1 atom stereocenters. The van der Waals surface area contributed by atoms with Crippen molar-refractivity contribution in [1.82, 2.24) is 0 Å². The van der Waals surface area contributed by atoms with Crippen molar-refractivity contribution in [3.05, 3.63) is 42.0 Å². The fourth-order valence-corrected chi connectivity index (χ4v) is 2.83. The van der Waals surface area contributed by atoms with E-state index in [0.29, 0.717) is 5.92 Å². The molecule has 108 valence electrons. The summed E-state index contributed by atoms with van der Waals surface area (Å²) in [5.74, 6) is 1.44. The largest absolute Gasteiger partial charge is 0.496 e. The lowest BCUT2D eigenvalue weighted by Crippen LogP contribution is -2.06. The summed E-state index contributed by atoms with van der Waals surface area (Å²) in [5, 5.41) is 12.7. The van der Waals surface area contributed by atoms with Crippen LogP contribution in [0.15, 0.2) is 36.4 Å². The van der Waals surface area contributed by atoms with Gasteiger partial charge in [-0.2, -0.15) is 0 Å². The molecule has 0 radical (unpaired) electrons. The third-order valence-corrected chi connectivity index (χ3v) is 4.21. The van der Waals surface area contributed by atoms with Gasteiger partial charge in [0.15, 0.2) is 0 Å². The summed E-state index contributed by atoms with van der Waals surface area (Å²) < 4.78 is 5.40. The molecule has 0 bridgehead atoms. The molecule has 1 N–H and O–H groups in total. The van der Waals surface area contributed by atoms with Crippen LogP contribution in [0, 0.1) is 5.92 Å². The van der Waals surface area contributed by atoms with Crippen LogP contribution in [0.25, 0.3) is 10.8 Å². The SMILES string of the molecule is CCC(CC)CC(O)c1ccc(OC)c2ccccc12. The summed E-state index contributed by atoms with van der Waals surface area (Å²) in [7, 11) is 1.68. The average Bonchev–Trinajstić information content (AvgIpc) is 2.51. The lowest BCUT2D eigenvalue weighted by molar-refractivity contribution is 0.142. The Hall–Kier alpha value is -1.54. The molecule has 2 rings (SSSR count). The molecule has 0 heterocycles. The molecular weight excluding hydrogens is 248 g/mol. The van der Waals surface area contributed by atoms with Gasteiger partial charge < -0.3 is 9.84 Å². The second kappa shape index (κ2) is 6.76. The highest BCUT2D eigenvalue weighted by Crippen LogP contribution is 2.34. The Balaban J connectivity index is 2.39. The van der Waals surface area contributed by atoms with Crippen LogP contribution in [-0.2, 0) is 0 Å². The molecule has 1 unspecified atom stereocenters. The van der Waals surface area contributed by atoms with Crippen molar-refractivity contribution in [2.75, 3.05) is 7.11 Å². The zero-order chi connectivity index (χ0) is 14.5. The summed E-state index contributed by atoms with van der Waals surface area (Å²) in [6, 6.07) is 12.1. The number of hydrogen-bond donors (Lipinski definition) is 1. The fraction of sp³-hybridized carbons (Fsp3) is 0.444. The van der Waals surface area contributed by atoms with Crippen LogP contribution in [0.5, 0.6) is 5.75 Å². The van der Waals surface area contributed by atoms with E-state index in [1.165, 1.54) is 0 Å². The molecule has 0 saturated heterocycles. The van der Waals surface area contributed by atoms with Crippen molar-refractivity contribution < 1.29 is 9.84 Å². The van der Waals surface area contributed by atoms with E-state index in [0.717, 1.165) is 41.3 Å². The average molecular weight is 272 g/mol. The number of aliphatic hydroxyl groups is 1. The van der Waals surface area contributed by atoms with Crippen molar-refractivity contribution in [3.8, 4) is 5.75 Å². The zero-order valence-corrected chi connectivity index (χ0v) is 12.6. The molecule has 0 aliphatic heterocycles. The Labute approximate surface area is 121 Å². The van der Waals surface area contributed by atoms with E-state index >= 15 is 0 Å². The Morgan fingerprint density at radius 3 is 2.25 bits per heavy atom. The number of methoxy groups -OCH3 is 1. The van der Waals surface area contributed by atoms with Gasteiger partial charge in [0, 0.05) is 5.39 Å². The predicted octanol–water partition coefficient (Wildman–Crippen LogP) is 4.71. The van der Waals surface area contributed by atoms with Gasteiger partial charge in [-0.05, 0) is 29.4 Å². The first-order valence-corrected chi connectivity index (χ1v) is 7.44. The van der Waals surface area contributed by atoms with Crippen LogP contribution in [0.4, 0.5) is 0 Å². The Morgan fingerprint density at radius 1 is 1.00 bits per heavy atom. The molecule has 0 aliphatic carbocycles. The minimum absolute atomic E-state index is 0.407. The van der Waals surface area contributed by atoms with E-state index in [2.05, 4.69) is 19.9 Å². The standard InChI is InChI=1S/C18H24O2/c1-4-13(5-2)12-17(19)15-10-11-18(20-3)16-9-7-6-8-14(15)16/h6-11,13,17,19H,4-5,12H2,1-3H3. The van der Waals surface area contributed by atoms with Gasteiger partial charge in [0.1, 0.15) is 5.75 Å². The highest BCUT2D eigenvalue weighted by atomic mass is 16.5. The lowest BCUT2D eigenvalue weighted by Gasteiger charge is -2.20.